The molecule has 1 aromatic rings. The van der Waals surface area contributed by atoms with Crippen LogP contribution in [0, 0.1) is 0 Å². The summed E-state index contributed by atoms with van der Waals surface area (Å²) in [5.74, 6) is 0.162. The molecule has 7 nitrogen and oxygen atoms in total. The van der Waals surface area contributed by atoms with Gasteiger partial charge in [0.2, 0.25) is 5.82 Å². The molecule has 1 unspecified atom stereocenters. The Morgan fingerprint density at radius 1 is 1.53 bits per heavy atom. The van der Waals surface area contributed by atoms with Crippen LogP contribution in [0.15, 0.2) is 0 Å². The van der Waals surface area contributed by atoms with Crippen molar-refractivity contribution in [3.8, 4) is 0 Å². The summed E-state index contributed by atoms with van der Waals surface area (Å²) in [6, 6.07) is 0. The third-order valence-corrected chi connectivity index (χ3v) is 2.11. The number of aliphatic hydroxyl groups excluding tert-OH is 2. The molecule has 0 aliphatic rings. The number of aromatic amines is 1. The fourth-order valence-corrected chi connectivity index (χ4v) is 1.05. The summed E-state index contributed by atoms with van der Waals surface area (Å²) in [6.07, 6.45) is -0.972. The summed E-state index contributed by atoms with van der Waals surface area (Å²) in [5, 5.41) is 26.6. The highest BCUT2D eigenvalue weighted by molar-refractivity contribution is 5.90. The number of nitrogens with one attached hydrogen (secondary N) is 2. The topological polar surface area (TPSA) is 111 Å². The van der Waals surface area contributed by atoms with E-state index in [9.17, 15) is 4.79 Å². The minimum absolute atomic E-state index is 0.0278. The normalized spacial score (nSPS) is 13.5. The first kappa shape index (κ1) is 13.6. The van der Waals surface area contributed by atoms with Gasteiger partial charge in [-0.05, 0) is 0 Å². The zero-order chi connectivity index (χ0) is 13.1. The predicted octanol–water partition coefficient (Wildman–Crippen LogP) is -0.815. The zero-order valence-corrected chi connectivity index (χ0v) is 10.2. The maximum Gasteiger partial charge on any atom is 0.291 e. The predicted molar refractivity (Wildman–Crippen MR) is 60.5 cm³/mol. The number of rotatable bonds is 4. The van der Waals surface area contributed by atoms with E-state index in [1.165, 1.54) is 0 Å². The third-order valence-electron chi connectivity index (χ3n) is 2.11. The second-order valence-corrected chi connectivity index (χ2v) is 4.80. The van der Waals surface area contributed by atoms with Crippen molar-refractivity contribution in [3.05, 3.63) is 11.6 Å². The SMILES string of the molecule is CC(C)(C)c1nc(C(=O)NCC(O)CO)n[nH]1. The van der Waals surface area contributed by atoms with Crippen LogP contribution >= 0.6 is 0 Å². The molecule has 0 saturated carbocycles. The second-order valence-electron chi connectivity index (χ2n) is 4.80. The third kappa shape index (κ3) is 3.79. The minimum Gasteiger partial charge on any atom is -0.394 e. The highest BCUT2D eigenvalue weighted by Gasteiger charge is 2.21. The van der Waals surface area contributed by atoms with Crippen LogP contribution in [0.4, 0.5) is 0 Å². The van der Waals surface area contributed by atoms with Crippen molar-refractivity contribution in [3.63, 3.8) is 0 Å². The van der Waals surface area contributed by atoms with Crippen molar-refractivity contribution in [2.24, 2.45) is 0 Å². The van der Waals surface area contributed by atoms with E-state index in [2.05, 4.69) is 20.5 Å². The molecular formula is C10H18N4O3. The average Bonchev–Trinajstić information content (AvgIpc) is 2.74. The summed E-state index contributed by atoms with van der Waals surface area (Å²) in [6.45, 7) is 5.41. The Balaban J connectivity index is 2.61. The molecule has 1 heterocycles. The number of carbonyl (C=O) groups excluding carboxylic acids is 1. The van der Waals surface area contributed by atoms with Gasteiger partial charge in [0.05, 0.1) is 12.7 Å². The van der Waals surface area contributed by atoms with Crippen molar-refractivity contribution in [1.29, 1.82) is 0 Å². The minimum atomic E-state index is -0.972. The molecule has 0 aliphatic heterocycles. The monoisotopic (exact) mass is 242 g/mol. The molecule has 0 spiro atoms. The lowest BCUT2D eigenvalue weighted by molar-refractivity contribution is 0.0795. The van der Waals surface area contributed by atoms with E-state index < -0.39 is 18.6 Å². The molecule has 0 fully saturated rings. The van der Waals surface area contributed by atoms with Gasteiger partial charge < -0.3 is 15.5 Å². The quantitative estimate of drug-likeness (QED) is 0.551. The first-order valence-electron chi connectivity index (χ1n) is 5.34. The molecule has 4 N–H and O–H groups in total. The molecule has 1 amide bonds. The summed E-state index contributed by atoms with van der Waals surface area (Å²) in [4.78, 5) is 15.6. The van der Waals surface area contributed by atoms with Crippen LogP contribution in [-0.4, -0.2) is 50.6 Å². The number of aliphatic hydroxyl groups is 2. The molecule has 0 bridgehead atoms. The fourth-order valence-electron chi connectivity index (χ4n) is 1.05. The zero-order valence-electron chi connectivity index (χ0n) is 10.2. The molecule has 17 heavy (non-hydrogen) atoms. The van der Waals surface area contributed by atoms with Gasteiger partial charge in [0.1, 0.15) is 5.82 Å². The van der Waals surface area contributed by atoms with Crippen LogP contribution in [0.25, 0.3) is 0 Å². The van der Waals surface area contributed by atoms with Gasteiger partial charge in [-0.3, -0.25) is 9.89 Å². The lowest BCUT2D eigenvalue weighted by Crippen LogP contribution is -2.34. The Hall–Kier alpha value is -1.47. The van der Waals surface area contributed by atoms with Gasteiger partial charge in [0.25, 0.3) is 5.91 Å². The van der Waals surface area contributed by atoms with Crippen LogP contribution < -0.4 is 5.32 Å². The standard InChI is InChI=1S/C10H18N4O3/c1-10(2,3)9-12-7(13-14-9)8(17)11-4-6(16)5-15/h6,15-16H,4-5H2,1-3H3,(H,11,17)(H,12,13,14). The Morgan fingerprint density at radius 2 is 2.18 bits per heavy atom. The van der Waals surface area contributed by atoms with Crippen LogP contribution in [0.3, 0.4) is 0 Å². The molecule has 0 radical (unpaired) electrons. The number of carbonyl (C=O) groups is 1. The van der Waals surface area contributed by atoms with E-state index >= 15 is 0 Å². The summed E-state index contributed by atoms with van der Waals surface area (Å²) < 4.78 is 0. The Kier molecular flexibility index (Phi) is 4.19. The maximum atomic E-state index is 11.6. The lowest BCUT2D eigenvalue weighted by atomic mass is 9.96. The maximum absolute atomic E-state index is 11.6. The van der Waals surface area contributed by atoms with Crippen LogP contribution in [0.5, 0.6) is 0 Å². The largest absolute Gasteiger partial charge is 0.394 e. The highest BCUT2D eigenvalue weighted by Crippen LogP contribution is 2.17. The molecule has 1 atom stereocenters. The Bertz CT molecular complexity index is 383. The van der Waals surface area contributed by atoms with Gasteiger partial charge in [0.15, 0.2) is 0 Å². The first-order valence-corrected chi connectivity index (χ1v) is 5.34. The molecule has 1 rings (SSSR count). The molecule has 0 aliphatic carbocycles. The molecule has 1 aromatic heterocycles. The molecule has 0 aromatic carbocycles. The van der Waals surface area contributed by atoms with Gasteiger partial charge in [-0.2, -0.15) is 0 Å². The van der Waals surface area contributed by atoms with E-state index in [4.69, 9.17) is 10.2 Å². The fraction of sp³-hybridized carbons (Fsp3) is 0.700. The van der Waals surface area contributed by atoms with Gasteiger partial charge >= 0.3 is 0 Å². The molecule has 0 saturated heterocycles. The van der Waals surface area contributed by atoms with E-state index in [1.807, 2.05) is 20.8 Å². The summed E-state index contributed by atoms with van der Waals surface area (Å²) in [5.41, 5.74) is -0.212. The number of amides is 1. The van der Waals surface area contributed by atoms with Crippen molar-refractivity contribution in [1.82, 2.24) is 20.5 Å². The number of H-pyrrole nitrogens is 1. The number of hydrogen-bond acceptors (Lipinski definition) is 5. The average molecular weight is 242 g/mol. The van der Waals surface area contributed by atoms with E-state index in [0.29, 0.717) is 5.82 Å². The Morgan fingerprint density at radius 3 is 2.65 bits per heavy atom. The second kappa shape index (κ2) is 5.24. The van der Waals surface area contributed by atoms with Crippen LogP contribution in [0.1, 0.15) is 37.2 Å². The molecule has 96 valence electrons. The molecular weight excluding hydrogens is 224 g/mol. The van der Waals surface area contributed by atoms with E-state index in [1.54, 1.807) is 0 Å². The summed E-state index contributed by atoms with van der Waals surface area (Å²) in [7, 11) is 0. The van der Waals surface area contributed by atoms with Crippen molar-refractivity contribution in [2.75, 3.05) is 13.2 Å². The van der Waals surface area contributed by atoms with Crippen molar-refractivity contribution < 1.29 is 15.0 Å². The summed E-state index contributed by atoms with van der Waals surface area (Å²) >= 11 is 0. The smallest absolute Gasteiger partial charge is 0.291 e. The number of hydrogen-bond donors (Lipinski definition) is 4. The first-order chi connectivity index (χ1) is 7.84. The van der Waals surface area contributed by atoms with Crippen LogP contribution in [0.2, 0.25) is 0 Å². The molecule has 7 heteroatoms. The number of nitrogens with zero attached hydrogens (tertiary/aromatic N) is 2. The Labute approximate surface area is 99.3 Å². The van der Waals surface area contributed by atoms with E-state index in [0.717, 1.165) is 0 Å². The van der Waals surface area contributed by atoms with Gasteiger partial charge in [-0.25, -0.2) is 4.98 Å². The van der Waals surface area contributed by atoms with Gasteiger partial charge in [-0.15, -0.1) is 5.10 Å². The van der Waals surface area contributed by atoms with Gasteiger partial charge in [-0.1, -0.05) is 20.8 Å². The van der Waals surface area contributed by atoms with Gasteiger partial charge in [0, 0.05) is 12.0 Å². The lowest BCUT2D eigenvalue weighted by Gasteiger charge is -2.12. The van der Waals surface area contributed by atoms with Crippen molar-refractivity contribution >= 4 is 5.91 Å². The number of aromatic nitrogens is 3. The van der Waals surface area contributed by atoms with Crippen molar-refractivity contribution in [2.45, 2.75) is 32.3 Å². The highest BCUT2D eigenvalue weighted by atomic mass is 16.3. The van der Waals surface area contributed by atoms with E-state index in [-0.39, 0.29) is 17.8 Å². The van der Waals surface area contributed by atoms with Crippen LogP contribution in [-0.2, 0) is 5.41 Å².